The first-order valence-electron chi connectivity index (χ1n) is 5.87. The number of hydrogen-bond donors (Lipinski definition) is 3. The Balaban J connectivity index is 2.28. The van der Waals surface area contributed by atoms with Crippen molar-refractivity contribution in [2.24, 2.45) is 0 Å². The Morgan fingerprint density at radius 1 is 1.37 bits per heavy atom. The second kappa shape index (κ2) is 3.99. The van der Waals surface area contributed by atoms with Gasteiger partial charge in [0.1, 0.15) is 0 Å². The minimum absolute atomic E-state index is 0.0456. The van der Waals surface area contributed by atoms with Crippen LogP contribution < -0.4 is 10.0 Å². The van der Waals surface area contributed by atoms with E-state index in [0.29, 0.717) is 17.7 Å². The van der Waals surface area contributed by atoms with Crippen molar-refractivity contribution in [2.75, 3.05) is 17.5 Å². The van der Waals surface area contributed by atoms with Gasteiger partial charge in [0.05, 0.1) is 11.4 Å². The maximum absolute atomic E-state index is 11.8. The summed E-state index contributed by atoms with van der Waals surface area (Å²) < 4.78 is 26.2. The predicted octanol–water partition coefficient (Wildman–Crippen LogP) is 0.825. The van der Waals surface area contributed by atoms with Gasteiger partial charge in [-0.05, 0) is 24.1 Å². The Bertz CT molecular complexity index is 777. The highest BCUT2D eigenvalue weighted by molar-refractivity contribution is 7.92. The van der Waals surface area contributed by atoms with Crippen molar-refractivity contribution in [1.29, 1.82) is 0 Å². The molecule has 1 aliphatic heterocycles. The van der Waals surface area contributed by atoms with Gasteiger partial charge in [-0.3, -0.25) is 9.52 Å². The number of amides is 1. The van der Waals surface area contributed by atoms with E-state index in [1.807, 2.05) is 0 Å². The normalized spacial score (nSPS) is 16.7. The van der Waals surface area contributed by atoms with Gasteiger partial charge in [0.15, 0.2) is 0 Å². The molecule has 0 fully saturated rings. The van der Waals surface area contributed by atoms with Crippen LogP contribution in [0.3, 0.4) is 0 Å². The monoisotopic (exact) mass is 279 g/mol. The number of carbonyl (C=O) groups excluding carboxylic acids is 1. The number of carbonyl (C=O) groups is 1. The number of sulfonamides is 1. The molecule has 2 heterocycles. The fraction of sp³-hybridized carbons (Fsp3) is 0.250. The minimum atomic E-state index is -3.35. The van der Waals surface area contributed by atoms with Gasteiger partial charge in [-0.15, -0.1) is 0 Å². The highest BCUT2D eigenvalue weighted by atomic mass is 32.2. The third-order valence-corrected chi connectivity index (χ3v) is 4.53. The molecule has 3 rings (SSSR count). The molecule has 6 nitrogen and oxygen atoms in total. The summed E-state index contributed by atoms with van der Waals surface area (Å²) >= 11 is 0. The van der Waals surface area contributed by atoms with Gasteiger partial charge >= 0.3 is 0 Å². The first-order valence-corrected chi connectivity index (χ1v) is 7.52. The molecule has 1 aliphatic rings. The summed E-state index contributed by atoms with van der Waals surface area (Å²) in [5, 5.41) is 3.37. The summed E-state index contributed by atoms with van der Waals surface area (Å²) in [6, 6.07) is 3.29. The number of aryl methyl sites for hydroxylation is 1. The van der Waals surface area contributed by atoms with Gasteiger partial charge in [0, 0.05) is 29.7 Å². The molecule has 1 aromatic carbocycles. The number of aromatic nitrogens is 1. The molecule has 0 bridgehead atoms. The Hall–Kier alpha value is -2.02. The lowest BCUT2D eigenvalue weighted by Crippen LogP contribution is -2.19. The Morgan fingerprint density at radius 2 is 2.16 bits per heavy atom. The molecule has 0 spiro atoms. The zero-order valence-electron chi connectivity index (χ0n) is 10.3. The van der Waals surface area contributed by atoms with Crippen LogP contribution in [0, 0.1) is 0 Å². The molecular weight excluding hydrogens is 266 g/mol. The highest BCUT2D eigenvalue weighted by Gasteiger charge is 2.22. The molecular formula is C12H13N3O3S. The average molecular weight is 279 g/mol. The van der Waals surface area contributed by atoms with Crippen molar-refractivity contribution in [2.45, 2.75) is 6.42 Å². The first-order chi connectivity index (χ1) is 9.00. The molecule has 0 radical (unpaired) electrons. The van der Waals surface area contributed by atoms with Crippen LogP contribution in [0.1, 0.15) is 15.9 Å². The third kappa shape index (κ3) is 1.95. The molecule has 19 heavy (non-hydrogen) atoms. The molecule has 3 N–H and O–H groups in total. The van der Waals surface area contributed by atoms with Gasteiger partial charge in [-0.25, -0.2) is 8.42 Å². The van der Waals surface area contributed by atoms with Crippen LogP contribution in [0.4, 0.5) is 5.69 Å². The molecule has 7 heteroatoms. The molecule has 2 aromatic rings. The Kier molecular flexibility index (Phi) is 2.53. The lowest BCUT2D eigenvalue weighted by molar-refractivity contribution is 0.0963. The zero-order chi connectivity index (χ0) is 13.6. The predicted molar refractivity (Wildman–Crippen MR) is 72.8 cm³/mol. The largest absolute Gasteiger partial charge is 0.361 e. The van der Waals surface area contributed by atoms with Crippen LogP contribution in [-0.4, -0.2) is 32.1 Å². The zero-order valence-corrected chi connectivity index (χ0v) is 11.1. The second-order valence-corrected chi connectivity index (χ2v) is 6.35. The summed E-state index contributed by atoms with van der Waals surface area (Å²) in [7, 11) is -1.81. The summed E-state index contributed by atoms with van der Waals surface area (Å²) in [6.07, 6.45) is 2.26. The molecule has 0 saturated carbocycles. The maximum Gasteiger partial charge on any atom is 0.251 e. The maximum atomic E-state index is 11.8. The molecule has 0 saturated heterocycles. The molecule has 0 unspecified atom stereocenters. The van der Waals surface area contributed by atoms with Crippen molar-refractivity contribution in [3.63, 3.8) is 0 Å². The van der Waals surface area contributed by atoms with E-state index in [2.05, 4.69) is 15.0 Å². The van der Waals surface area contributed by atoms with Gasteiger partial charge < -0.3 is 10.3 Å². The van der Waals surface area contributed by atoms with Crippen LogP contribution in [0.25, 0.3) is 10.9 Å². The standard InChI is InChI=1S/C12H13N3O3S/c1-13-12(16)8-4-9-11-7(6-14-9)2-3-19(17,18)15-10(11)5-8/h4-6,14-15H,2-3H2,1H3,(H,13,16). The summed E-state index contributed by atoms with van der Waals surface area (Å²) in [6.45, 7) is 0. The number of H-pyrrole nitrogens is 1. The molecule has 1 amide bonds. The number of nitrogens with one attached hydrogen (secondary N) is 3. The molecule has 0 aliphatic carbocycles. The quantitative estimate of drug-likeness (QED) is 0.722. The van der Waals surface area contributed by atoms with Crippen LogP contribution in [0.2, 0.25) is 0 Å². The van der Waals surface area contributed by atoms with E-state index < -0.39 is 10.0 Å². The van der Waals surface area contributed by atoms with E-state index in [9.17, 15) is 13.2 Å². The SMILES string of the molecule is CNC(=O)c1cc2c3c(c[nH]c3c1)CCS(=O)(=O)N2. The van der Waals surface area contributed by atoms with E-state index in [0.717, 1.165) is 16.5 Å². The van der Waals surface area contributed by atoms with Crippen molar-refractivity contribution >= 4 is 32.5 Å². The fourth-order valence-corrected chi connectivity index (χ4v) is 3.44. The van der Waals surface area contributed by atoms with Crippen LogP contribution in [0.15, 0.2) is 18.3 Å². The number of hydrogen-bond acceptors (Lipinski definition) is 3. The average Bonchev–Trinajstić information content (AvgIpc) is 2.72. The second-order valence-electron chi connectivity index (χ2n) is 4.51. The van der Waals surface area contributed by atoms with E-state index >= 15 is 0 Å². The summed E-state index contributed by atoms with van der Waals surface area (Å²) in [4.78, 5) is 14.8. The molecule has 0 atom stereocenters. The van der Waals surface area contributed by atoms with E-state index in [1.54, 1.807) is 18.3 Å². The van der Waals surface area contributed by atoms with E-state index in [1.165, 1.54) is 7.05 Å². The van der Waals surface area contributed by atoms with E-state index in [-0.39, 0.29) is 11.7 Å². The lowest BCUT2D eigenvalue weighted by Gasteiger charge is -2.08. The Labute approximate surface area is 110 Å². The minimum Gasteiger partial charge on any atom is -0.361 e. The van der Waals surface area contributed by atoms with Crippen molar-refractivity contribution in [3.05, 3.63) is 29.5 Å². The number of benzene rings is 1. The Morgan fingerprint density at radius 3 is 2.89 bits per heavy atom. The first kappa shape index (κ1) is 12.0. The van der Waals surface area contributed by atoms with Crippen LogP contribution in [-0.2, 0) is 16.4 Å². The van der Waals surface area contributed by atoms with Gasteiger partial charge in [-0.2, -0.15) is 0 Å². The van der Waals surface area contributed by atoms with Crippen molar-refractivity contribution in [1.82, 2.24) is 10.3 Å². The number of aromatic amines is 1. The summed E-state index contributed by atoms with van der Waals surface area (Å²) in [5.41, 5.74) is 2.59. The van der Waals surface area contributed by atoms with Crippen LogP contribution in [0.5, 0.6) is 0 Å². The molecule has 1 aromatic heterocycles. The highest BCUT2D eigenvalue weighted by Crippen LogP contribution is 2.32. The van der Waals surface area contributed by atoms with Gasteiger partial charge in [0.2, 0.25) is 10.0 Å². The third-order valence-electron chi connectivity index (χ3n) is 3.26. The van der Waals surface area contributed by atoms with E-state index in [4.69, 9.17) is 0 Å². The van der Waals surface area contributed by atoms with Gasteiger partial charge in [0.25, 0.3) is 5.91 Å². The van der Waals surface area contributed by atoms with Crippen molar-refractivity contribution in [3.8, 4) is 0 Å². The number of anilines is 1. The van der Waals surface area contributed by atoms with Crippen LogP contribution >= 0.6 is 0 Å². The number of rotatable bonds is 1. The lowest BCUT2D eigenvalue weighted by atomic mass is 10.1. The topological polar surface area (TPSA) is 91.1 Å². The summed E-state index contributed by atoms with van der Waals surface area (Å²) in [5.74, 6) is -0.207. The smallest absolute Gasteiger partial charge is 0.251 e. The van der Waals surface area contributed by atoms with Crippen molar-refractivity contribution < 1.29 is 13.2 Å². The fourth-order valence-electron chi connectivity index (χ4n) is 2.35. The molecule has 100 valence electrons. The van der Waals surface area contributed by atoms with Gasteiger partial charge in [-0.1, -0.05) is 0 Å².